The van der Waals surface area contributed by atoms with Crippen LogP contribution < -0.4 is 10.1 Å². The molecule has 4 heteroatoms. The van der Waals surface area contributed by atoms with Crippen LogP contribution in [0, 0.1) is 0 Å². The lowest BCUT2D eigenvalue weighted by atomic mass is 10.1. The summed E-state index contributed by atoms with van der Waals surface area (Å²) in [5.74, 6) is 1.06. The van der Waals surface area contributed by atoms with Crippen LogP contribution in [-0.2, 0) is 17.7 Å². The molecule has 18 heavy (non-hydrogen) atoms. The van der Waals surface area contributed by atoms with Crippen molar-refractivity contribution in [1.29, 1.82) is 0 Å². The van der Waals surface area contributed by atoms with Gasteiger partial charge in [-0.25, -0.2) is 0 Å². The van der Waals surface area contributed by atoms with E-state index in [9.17, 15) is 0 Å². The summed E-state index contributed by atoms with van der Waals surface area (Å²) < 4.78 is 12.1. The van der Waals surface area contributed by atoms with E-state index >= 15 is 0 Å². The van der Waals surface area contributed by atoms with Gasteiger partial charge in [0.15, 0.2) is 0 Å². The van der Waals surface area contributed by atoms with E-state index in [0.717, 1.165) is 29.8 Å². The highest BCUT2D eigenvalue weighted by Gasteiger charge is 2.18. The Kier molecular flexibility index (Phi) is 4.65. The van der Waals surface area contributed by atoms with Crippen LogP contribution in [0.1, 0.15) is 25.0 Å². The van der Waals surface area contributed by atoms with Gasteiger partial charge < -0.3 is 14.8 Å². The molecule has 0 saturated carbocycles. The average Bonchev–Trinajstić information content (AvgIpc) is 2.82. The summed E-state index contributed by atoms with van der Waals surface area (Å²) in [4.78, 5) is 0. The molecule has 0 spiro atoms. The molecule has 0 aromatic heterocycles. The number of ether oxygens (including phenoxy) is 2. The Morgan fingerprint density at radius 1 is 1.44 bits per heavy atom. The fourth-order valence-corrected chi connectivity index (χ4v) is 2.67. The molecule has 0 radical (unpaired) electrons. The average molecular weight is 314 g/mol. The lowest BCUT2D eigenvalue weighted by molar-refractivity contribution is 0.0881. The smallest absolute Gasteiger partial charge is 0.127 e. The second kappa shape index (κ2) is 6.04. The quantitative estimate of drug-likeness (QED) is 0.906. The molecule has 1 aromatic carbocycles. The zero-order valence-corrected chi connectivity index (χ0v) is 12.7. The third-order valence-corrected chi connectivity index (χ3v) is 3.97. The molecule has 2 rings (SSSR count). The third-order valence-electron chi connectivity index (χ3n) is 3.52. The molecule has 1 aliphatic rings. The molecule has 0 fully saturated rings. The Labute approximate surface area is 117 Å². The maximum absolute atomic E-state index is 5.71. The maximum atomic E-state index is 5.71. The largest absolute Gasteiger partial charge is 0.493 e. The molecule has 2 unspecified atom stereocenters. The number of hydrogen-bond donors (Lipinski definition) is 1. The van der Waals surface area contributed by atoms with Crippen molar-refractivity contribution in [3.63, 3.8) is 0 Å². The first kappa shape index (κ1) is 13.8. The first-order chi connectivity index (χ1) is 8.61. The van der Waals surface area contributed by atoms with Crippen molar-refractivity contribution in [3.05, 3.63) is 27.7 Å². The summed E-state index contributed by atoms with van der Waals surface area (Å²) in [7, 11) is 1.74. The van der Waals surface area contributed by atoms with E-state index in [0.29, 0.717) is 6.04 Å². The predicted molar refractivity (Wildman–Crippen MR) is 76.1 cm³/mol. The van der Waals surface area contributed by atoms with E-state index in [1.807, 2.05) is 0 Å². The van der Waals surface area contributed by atoms with E-state index in [-0.39, 0.29) is 6.10 Å². The van der Waals surface area contributed by atoms with Crippen LogP contribution >= 0.6 is 15.9 Å². The van der Waals surface area contributed by atoms with Crippen molar-refractivity contribution in [3.8, 4) is 5.75 Å². The van der Waals surface area contributed by atoms with Crippen LogP contribution in [0.5, 0.6) is 5.75 Å². The van der Waals surface area contributed by atoms with Gasteiger partial charge in [-0.05, 0) is 31.5 Å². The minimum atomic E-state index is 0.200. The van der Waals surface area contributed by atoms with E-state index in [4.69, 9.17) is 9.47 Å². The number of benzene rings is 1. The highest BCUT2D eigenvalue weighted by molar-refractivity contribution is 9.10. The summed E-state index contributed by atoms with van der Waals surface area (Å²) in [5.41, 5.74) is 2.51. The number of hydrogen-bond acceptors (Lipinski definition) is 3. The van der Waals surface area contributed by atoms with Gasteiger partial charge in [-0.15, -0.1) is 0 Å². The Morgan fingerprint density at radius 2 is 2.22 bits per heavy atom. The highest BCUT2D eigenvalue weighted by atomic mass is 79.9. The van der Waals surface area contributed by atoms with Crippen molar-refractivity contribution in [2.45, 2.75) is 39.0 Å². The second-order valence-electron chi connectivity index (χ2n) is 4.76. The number of nitrogens with one attached hydrogen (secondary N) is 1. The van der Waals surface area contributed by atoms with Crippen molar-refractivity contribution in [1.82, 2.24) is 5.32 Å². The molecule has 2 atom stereocenters. The molecular weight excluding hydrogens is 294 g/mol. The van der Waals surface area contributed by atoms with Gasteiger partial charge in [0.05, 0.1) is 12.7 Å². The summed E-state index contributed by atoms with van der Waals surface area (Å²) in [6.07, 6.45) is 1.21. The minimum Gasteiger partial charge on any atom is -0.493 e. The number of rotatable bonds is 5. The van der Waals surface area contributed by atoms with Gasteiger partial charge in [-0.2, -0.15) is 0 Å². The predicted octanol–water partition coefficient (Wildman–Crippen LogP) is 2.90. The van der Waals surface area contributed by atoms with Crippen LogP contribution in [0.3, 0.4) is 0 Å². The molecule has 0 aliphatic carbocycles. The molecular formula is C14H20BrNO2. The fraction of sp³-hybridized carbons (Fsp3) is 0.571. The normalized spacial score (nSPS) is 17.1. The van der Waals surface area contributed by atoms with Crippen molar-refractivity contribution in [2.24, 2.45) is 0 Å². The van der Waals surface area contributed by atoms with Gasteiger partial charge in [-0.3, -0.25) is 0 Å². The topological polar surface area (TPSA) is 30.5 Å². The zero-order valence-electron chi connectivity index (χ0n) is 11.1. The Morgan fingerprint density at radius 3 is 2.94 bits per heavy atom. The summed E-state index contributed by atoms with van der Waals surface area (Å²) in [5, 5.41) is 3.48. The summed E-state index contributed by atoms with van der Waals surface area (Å²) in [6.45, 7) is 5.80. The highest BCUT2D eigenvalue weighted by Crippen LogP contribution is 2.32. The van der Waals surface area contributed by atoms with Crippen LogP contribution in [0.15, 0.2) is 16.6 Å². The third kappa shape index (κ3) is 3.05. The zero-order chi connectivity index (χ0) is 13.1. The van der Waals surface area contributed by atoms with E-state index in [1.165, 1.54) is 11.1 Å². The molecule has 0 saturated heterocycles. The first-order valence-electron chi connectivity index (χ1n) is 6.32. The number of fused-ring (bicyclic) bond motifs is 1. The molecule has 100 valence electrons. The van der Waals surface area contributed by atoms with Crippen LogP contribution in [0.25, 0.3) is 0 Å². The lowest BCUT2D eigenvalue weighted by Crippen LogP contribution is -2.36. The molecule has 1 aliphatic heterocycles. The van der Waals surface area contributed by atoms with Crippen LogP contribution in [-0.4, -0.2) is 25.9 Å². The lowest BCUT2D eigenvalue weighted by Gasteiger charge is -2.20. The molecule has 3 nitrogen and oxygen atoms in total. The molecule has 0 bridgehead atoms. The minimum absolute atomic E-state index is 0.200. The van der Waals surface area contributed by atoms with E-state index in [2.05, 4.69) is 47.2 Å². The van der Waals surface area contributed by atoms with E-state index in [1.54, 1.807) is 7.11 Å². The van der Waals surface area contributed by atoms with Crippen molar-refractivity contribution in [2.75, 3.05) is 13.7 Å². The Hall–Kier alpha value is -0.580. The summed E-state index contributed by atoms with van der Waals surface area (Å²) >= 11 is 3.56. The van der Waals surface area contributed by atoms with Gasteiger partial charge in [0.1, 0.15) is 5.75 Å². The SMILES string of the molecule is COC(C)C(C)NCc1cc(Br)cc2c1OCC2. The Bertz CT molecular complexity index is 423. The molecule has 1 heterocycles. The molecule has 0 amide bonds. The number of methoxy groups -OCH3 is 1. The second-order valence-corrected chi connectivity index (χ2v) is 5.68. The standard InChI is InChI=1S/C14H20BrNO2/c1-9(10(2)17-3)16-8-12-7-13(15)6-11-4-5-18-14(11)12/h6-7,9-10,16H,4-5,8H2,1-3H3. The fourth-order valence-electron chi connectivity index (χ4n) is 2.12. The van der Waals surface area contributed by atoms with Gasteiger partial charge in [0.2, 0.25) is 0 Å². The maximum Gasteiger partial charge on any atom is 0.127 e. The molecule has 1 aromatic rings. The number of halogens is 1. The van der Waals surface area contributed by atoms with E-state index < -0.39 is 0 Å². The monoisotopic (exact) mass is 313 g/mol. The van der Waals surface area contributed by atoms with Crippen LogP contribution in [0.4, 0.5) is 0 Å². The molecule has 1 N–H and O–H groups in total. The van der Waals surface area contributed by atoms with Crippen molar-refractivity contribution >= 4 is 15.9 Å². The Balaban J connectivity index is 2.06. The van der Waals surface area contributed by atoms with Gasteiger partial charge >= 0.3 is 0 Å². The first-order valence-corrected chi connectivity index (χ1v) is 7.11. The van der Waals surface area contributed by atoms with Crippen LogP contribution in [0.2, 0.25) is 0 Å². The van der Waals surface area contributed by atoms with Gasteiger partial charge in [0.25, 0.3) is 0 Å². The summed E-state index contributed by atoms with van der Waals surface area (Å²) in [6, 6.07) is 4.58. The van der Waals surface area contributed by atoms with Gasteiger partial charge in [0, 0.05) is 36.2 Å². The van der Waals surface area contributed by atoms with Gasteiger partial charge in [-0.1, -0.05) is 15.9 Å². The van der Waals surface area contributed by atoms with Crippen molar-refractivity contribution < 1.29 is 9.47 Å².